The highest BCUT2D eigenvalue weighted by Crippen LogP contribution is 2.21. The number of benzene rings is 1. The van der Waals surface area contributed by atoms with Crippen LogP contribution in [0.25, 0.3) is 0 Å². The van der Waals surface area contributed by atoms with Crippen molar-refractivity contribution in [1.82, 2.24) is 0 Å². The Labute approximate surface area is 89.7 Å². The van der Waals surface area contributed by atoms with Crippen molar-refractivity contribution < 1.29 is 13.7 Å². The molecule has 0 heterocycles. The number of rotatable bonds is 1. The van der Waals surface area contributed by atoms with E-state index in [0.717, 1.165) is 11.1 Å². The van der Waals surface area contributed by atoms with E-state index in [4.69, 9.17) is 8.76 Å². The number of para-hydroxylation sites is 1. The van der Waals surface area contributed by atoms with Crippen LogP contribution >= 0.6 is 0 Å². The molecule has 0 fully saturated rings. The van der Waals surface area contributed by atoms with Gasteiger partial charge in [0.05, 0.1) is 4.92 Å². The van der Waals surface area contributed by atoms with E-state index in [2.05, 4.69) is 5.14 Å². The Kier molecular flexibility index (Phi) is 5.68. The first-order chi connectivity index (χ1) is 6.86. The molecule has 0 bridgehead atoms. The molecule has 84 valence electrons. The van der Waals surface area contributed by atoms with Gasteiger partial charge < -0.3 is 4.55 Å². The van der Waals surface area contributed by atoms with Crippen LogP contribution in [-0.2, 0) is 11.3 Å². The van der Waals surface area contributed by atoms with Crippen molar-refractivity contribution in [1.29, 1.82) is 0 Å². The standard InChI is InChI=1S/C8H9NO2.H3NO2S/c1-6-4-3-5-7(2)8(6)9(10)11;1-4(2)3/h3-5H,1-2H3;1H2,(H,2,3)/p-1. The molecule has 0 aliphatic carbocycles. The number of nitro groups is 1. The van der Waals surface area contributed by atoms with Crippen LogP contribution in [0.2, 0.25) is 0 Å². The van der Waals surface area contributed by atoms with Gasteiger partial charge in [-0.3, -0.25) is 19.5 Å². The van der Waals surface area contributed by atoms with Gasteiger partial charge in [-0.05, 0) is 13.8 Å². The van der Waals surface area contributed by atoms with Gasteiger partial charge in [-0.25, -0.2) is 0 Å². The smallest absolute Gasteiger partial charge is 0.275 e. The zero-order valence-corrected chi connectivity index (χ0v) is 9.11. The number of hydrogen-bond acceptors (Lipinski definition) is 4. The summed E-state index contributed by atoms with van der Waals surface area (Å²) in [5.41, 5.74) is 1.66. The van der Waals surface area contributed by atoms with Crippen molar-refractivity contribution >= 4 is 17.0 Å². The van der Waals surface area contributed by atoms with Gasteiger partial charge >= 0.3 is 0 Å². The van der Waals surface area contributed by atoms with E-state index < -0.39 is 11.3 Å². The van der Waals surface area contributed by atoms with Crippen LogP contribution < -0.4 is 5.14 Å². The fourth-order valence-corrected chi connectivity index (χ4v) is 1.09. The normalized spacial score (nSPS) is 11.2. The third kappa shape index (κ3) is 5.21. The molecule has 6 nitrogen and oxygen atoms in total. The summed E-state index contributed by atoms with van der Waals surface area (Å²) >= 11 is -2.36. The summed E-state index contributed by atoms with van der Waals surface area (Å²) in [5, 5.41) is 14.5. The van der Waals surface area contributed by atoms with Crippen molar-refractivity contribution in [3.63, 3.8) is 0 Å². The first-order valence-corrected chi connectivity index (χ1v) is 5.04. The minimum absolute atomic E-state index is 0.229. The molecule has 1 aromatic rings. The molecule has 0 aliphatic heterocycles. The van der Waals surface area contributed by atoms with Gasteiger partial charge in [0, 0.05) is 22.4 Å². The Bertz CT molecular complexity index is 357. The van der Waals surface area contributed by atoms with E-state index in [9.17, 15) is 10.1 Å². The molecule has 2 N–H and O–H groups in total. The van der Waals surface area contributed by atoms with Crippen molar-refractivity contribution in [2.75, 3.05) is 0 Å². The van der Waals surface area contributed by atoms with Gasteiger partial charge in [0.15, 0.2) is 0 Å². The molecule has 1 atom stereocenters. The molecule has 7 heteroatoms. The van der Waals surface area contributed by atoms with Crippen LogP contribution in [0.15, 0.2) is 18.2 Å². The summed E-state index contributed by atoms with van der Waals surface area (Å²) in [6.07, 6.45) is 0. The van der Waals surface area contributed by atoms with Crippen LogP contribution in [-0.4, -0.2) is 13.7 Å². The fraction of sp³-hybridized carbons (Fsp3) is 0.250. The predicted molar refractivity (Wildman–Crippen MR) is 55.7 cm³/mol. The Morgan fingerprint density at radius 3 is 1.87 bits per heavy atom. The van der Waals surface area contributed by atoms with Gasteiger partial charge in [0.25, 0.3) is 5.69 Å². The number of nitrogens with two attached hydrogens (primary N) is 1. The van der Waals surface area contributed by atoms with E-state index in [1.165, 1.54) is 0 Å². The topological polar surface area (TPSA) is 109 Å². The van der Waals surface area contributed by atoms with Crippen LogP contribution in [0.4, 0.5) is 5.69 Å². The molecule has 15 heavy (non-hydrogen) atoms. The number of nitro benzene ring substituents is 1. The first kappa shape index (κ1) is 13.7. The van der Waals surface area contributed by atoms with E-state index >= 15 is 0 Å². The third-order valence-corrected chi connectivity index (χ3v) is 1.62. The Balaban J connectivity index is 0.000000423. The van der Waals surface area contributed by atoms with E-state index in [0.29, 0.717) is 0 Å². The van der Waals surface area contributed by atoms with Crippen LogP contribution in [0.3, 0.4) is 0 Å². The number of aryl methyl sites for hydroxylation is 2. The van der Waals surface area contributed by atoms with Gasteiger partial charge in [0.1, 0.15) is 0 Å². The molecule has 0 amide bonds. The molecule has 1 rings (SSSR count). The van der Waals surface area contributed by atoms with Gasteiger partial charge in [-0.15, -0.1) is 0 Å². The van der Waals surface area contributed by atoms with E-state index in [1.54, 1.807) is 26.0 Å². The molecule has 0 saturated heterocycles. The summed E-state index contributed by atoms with van der Waals surface area (Å²) in [6.45, 7) is 3.48. The third-order valence-electron chi connectivity index (χ3n) is 1.62. The molecular formula is C8H11N2O4S-. The molecule has 0 saturated carbocycles. The second kappa shape index (κ2) is 6.23. The lowest BCUT2D eigenvalue weighted by molar-refractivity contribution is -0.386. The quantitative estimate of drug-likeness (QED) is 0.440. The minimum atomic E-state index is -2.36. The Morgan fingerprint density at radius 2 is 1.67 bits per heavy atom. The highest BCUT2D eigenvalue weighted by atomic mass is 32.2. The maximum Gasteiger partial charge on any atom is 0.275 e. The average molecular weight is 231 g/mol. The maximum absolute atomic E-state index is 10.4. The van der Waals surface area contributed by atoms with Crippen molar-refractivity contribution in [3.05, 3.63) is 39.4 Å². The van der Waals surface area contributed by atoms with E-state index in [1.807, 2.05) is 6.07 Å². The summed E-state index contributed by atoms with van der Waals surface area (Å²) in [7, 11) is 0. The Hall–Kier alpha value is -1.31. The molecule has 0 aromatic heterocycles. The highest BCUT2D eigenvalue weighted by molar-refractivity contribution is 7.76. The SMILES string of the molecule is Cc1cccc(C)c1[N+](=O)[O-].NS(=O)[O-]. The van der Waals surface area contributed by atoms with Gasteiger partial charge in [0.2, 0.25) is 0 Å². The highest BCUT2D eigenvalue weighted by Gasteiger charge is 2.11. The zero-order valence-electron chi connectivity index (χ0n) is 8.30. The Morgan fingerprint density at radius 1 is 1.33 bits per heavy atom. The van der Waals surface area contributed by atoms with Gasteiger partial charge in [-0.2, -0.15) is 0 Å². The lowest BCUT2D eigenvalue weighted by Gasteiger charge is -1.98. The summed E-state index contributed by atoms with van der Waals surface area (Å²) in [6, 6.07) is 5.30. The van der Waals surface area contributed by atoms with Crippen molar-refractivity contribution in [3.8, 4) is 0 Å². The molecule has 1 unspecified atom stereocenters. The van der Waals surface area contributed by atoms with Crippen LogP contribution in [0.5, 0.6) is 0 Å². The number of hydrogen-bond donors (Lipinski definition) is 1. The lowest BCUT2D eigenvalue weighted by Crippen LogP contribution is -1.97. The average Bonchev–Trinajstić information content (AvgIpc) is 2.01. The summed E-state index contributed by atoms with van der Waals surface area (Å²) in [5.74, 6) is 0. The van der Waals surface area contributed by atoms with Crippen LogP contribution in [0, 0.1) is 24.0 Å². The summed E-state index contributed by atoms with van der Waals surface area (Å²) in [4.78, 5) is 10.1. The molecule has 0 radical (unpaired) electrons. The molecule has 0 spiro atoms. The van der Waals surface area contributed by atoms with Crippen molar-refractivity contribution in [2.24, 2.45) is 5.14 Å². The lowest BCUT2D eigenvalue weighted by atomic mass is 10.1. The fourth-order valence-electron chi connectivity index (χ4n) is 1.09. The predicted octanol–water partition coefficient (Wildman–Crippen LogP) is 0.951. The minimum Gasteiger partial charge on any atom is -0.760 e. The second-order valence-corrected chi connectivity index (χ2v) is 3.28. The molecule has 1 aromatic carbocycles. The summed E-state index contributed by atoms with van der Waals surface area (Å²) < 4.78 is 17.6. The maximum atomic E-state index is 10.4. The number of nitrogens with zero attached hydrogens (tertiary/aromatic N) is 1. The molecule has 0 aliphatic rings. The van der Waals surface area contributed by atoms with Gasteiger partial charge in [-0.1, -0.05) is 18.2 Å². The van der Waals surface area contributed by atoms with E-state index in [-0.39, 0.29) is 10.6 Å². The largest absolute Gasteiger partial charge is 0.760 e. The van der Waals surface area contributed by atoms with Crippen LogP contribution in [0.1, 0.15) is 11.1 Å². The first-order valence-electron chi connectivity index (χ1n) is 3.90. The zero-order chi connectivity index (χ0) is 12.0. The monoisotopic (exact) mass is 231 g/mol. The second-order valence-electron chi connectivity index (χ2n) is 2.76. The molecular weight excluding hydrogens is 220 g/mol. The van der Waals surface area contributed by atoms with Crippen molar-refractivity contribution in [2.45, 2.75) is 13.8 Å².